The second-order valence-corrected chi connectivity index (χ2v) is 7.37. The fraction of sp³-hybridized carbons (Fsp3) is 0.0833. The van der Waals surface area contributed by atoms with Gasteiger partial charge in [0.15, 0.2) is 0 Å². The molecule has 30 heavy (non-hydrogen) atoms. The van der Waals surface area contributed by atoms with Gasteiger partial charge in [-0.15, -0.1) is 0 Å². The summed E-state index contributed by atoms with van der Waals surface area (Å²) in [4.78, 5) is 24.5. The molecule has 0 radical (unpaired) electrons. The molecular formula is C24H20ClN3O2. The Morgan fingerprint density at radius 2 is 1.73 bits per heavy atom. The zero-order valence-corrected chi connectivity index (χ0v) is 17.1. The van der Waals surface area contributed by atoms with Crippen LogP contribution in [0.4, 0.5) is 11.4 Å². The van der Waals surface area contributed by atoms with Crippen LogP contribution in [0.25, 0.3) is 11.3 Å². The van der Waals surface area contributed by atoms with Gasteiger partial charge in [0.2, 0.25) is 5.91 Å². The van der Waals surface area contributed by atoms with Gasteiger partial charge >= 0.3 is 0 Å². The van der Waals surface area contributed by atoms with E-state index in [9.17, 15) is 9.59 Å². The summed E-state index contributed by atoms with van der Waals surface area (Å²) in [7, 11) is 1.62. The Balaban J connectivity index is 1.75. The maximum atomic E-state index is 12.9. The van der Waals surface area contributed by atoms with Crippen molar-refractivity contribution in [1.29, 1.82) is 0 Å². The molecule has 2 amide bonds. The van der Waals surface area contributed by atoms with Crippen LogP contribution in [-0.2, 0) is 16.0 Å². The molecule has 0 saturated heterocycles. The smallest absolute Gasteiger partial charge is 0.258 e. The van der Waals surface area contributed by atoms with Gasteiger partial charge in [-0.05, 0) is 35.4 Å². The first-order valence-corrected chi connectivity index (χ1v) is 9.90. The average Bonchev–Trinajstić information content (AvgIpc) is 3.08. The van der Waals surface area contributed by atoms with Crippen molar-refractivity contribution < 1.29 is 9.59 Å². The third kappa shape index (κ3) is 4.07. The second-order valence-electron chi connectivity index (χ2n) is 6.93. The first-order valence-electron chi connectivity index (χ1n) is 9.52. The lowest BCUT2D eigenvalue weighted by atomic mass is 10.00. The predicted molar refractivity (Wildman–Crippen MR) is 121 cm³/mol. The summed E-state index contributed by atoms with van der Waals surface area (Å²) in [5.41, 5.74) is 5.37. The number of carbonyl (C=O) groups is 2. The topological polar surface area (TPSA) is 70.2 Å². The Hall–Kier alpha value is -3.57. The van der Waals surface area contributed by atoms with Crippen molar-refractivity contribution in [3.8, 4) is 0 Å². The summed E-state index contributed by atoms with van der Waals surface area (Å²) in [5.74, 6) is -0.226. The molecule has 0 bridgehead atoms. The van der Waals surface area contributed by atoms with Gasteiger partial charge in [-0.25, -0.2) is 0 Å². The number of carbonyl (C=O) groups excluding carboxylic acids is 2. The lowest BCUT2D eigenvalue weighted by Gasteiger charge is -2.15. The van der Waals surface area contributed by atoms with Gasteiger partial charge in [0.1, 0.15) is 0 Å². The van der Waals surface area contributed by atoms with Crippen molar-refractivity contribution in [1.82, 2.24) is 5.32 Å². The molecule has 0 aliphatic carbocycles. The SMILES string of the molecule is CNC(=O)Cc1ccc(NC(=C2C(=O)Nc3cc(Cl)ccc32)c2ccccc2)cc1. The van der Waals surface area contributed by atoms with Crippen molar-refractivity contribution in [2.24, 2.45) is 0 Å². The summed E-state index contributed by atoms with van der Waals surface area (Å²) in [6, 6.07) is 22.7. The van der Waals surface area contributed by atoms with E-state index in [1.165, 1.54) is 0 Å². The summed E-state index contributed by atoms with van der Waals surface area (Å²) in [6.07, 6.45) is 0.319. The third-order valence-corrected chi connectivity index (χ3v) is 5.14. The average molecular weight is 418 g/mol. The Kier molecular flexibility index (Phi) is 5.55. The minimum atomic E-state index is -0.185. The van der Waals surface area contributed by atoms with Crippen LogP contribution in [0.5, 0.6) is 0 Å². The normalized spacial score (nSPS) is 14.0. The standard InChI is InChI=1S/C24H20ClN3O2/c1-26-21(29)13-15-7-10-18(11-8-15)27-23(16-5-3-2-4-6-16)22-19-12-9-17(25)14-20(19)28-24(22)30/h2-12,14,27H,13H2,1H3,(H,26,29)(H,28,30). The van der Waals surface area contributed by atoms with E-state index in [4.69, 9.17) is 11.6 Å². The fourth-order valence-electron chi connectivity index (χ4n) is 3.40. The Morgan fingerprint density at radius 1 is 1.00 bits per heavy atom. The highest BCUT2D eigenvalue weighted by atomic mass is 35.5. The van der Waals surface area contributed by atoms with E-state index in [2.05, 4.69) is 16.0 Å². The van der Waals surface area contributed by atoms with Crippen LogP contribution < -0.4 is 16.0 Å². The quantitative estimate of drug-likeness (QED) is 0.533. The van der Waals surface area contributed by atoms with Crippen molar-refractivity contribution in [3.05, 3.63) is 94.5 Å². The zero-order chi connectivity index (χ0) is 21.1. The van der Waals surface area contributed by atoms with Gasteiger partial charge < -0.3 is 16.0 Å². The van der Waals surface area contributed by atoms with Crippen molar-refractivity contribution in [3.63, 3.8) is 0 Å². The van der Waals surface area contributed by atoms with E-state index in [0.29, 0.717) is 28.4 Å². The maximum Gasteiger partial charge on any atom is 0.258 e. The monoisotopic (exact) mass is 417 g/mol. The largest absolute Gasteiger partial charge is 0.359 e. The molecule has 1 aliphatic rings. The highest BCUT2D eigenvalue weighted by molar-refractivity contribution is 6.38. The molecule has 0 fully saturated rings. The number of hydrogen-bond donors (Lipinski definition) is 3. The number of amides is 2. The number of nitrogens with one attached hydrogen (secondary N) is 3. The molecule has 150 valence electrons. The summed E-state index contributed by atoms with van der Waals surface area (Å²) >= 11 is 6.09. The number of hydrogen-bond acceptors (Lipinski definition) is 3. The summed E-state index contributed by atoms with van der Waals surface area (Å²) < 4.78 is 0. The lowest BCUT2D eigenvalue weighted by molar-refractivity contribution is -0.120. The second kappa shape index (κ2) is 8.43. The molecule has 0 saturated carbocycles. The Labute approximate surface area is 179 Å². The molecule has 1 aliphatic heterocycles. The Morgan fingerprint density at radius 3 is 2.43 bits per heavy atom. The van der Waals surface area contributed by atoms with E-state index in [1.54, 1.807) is 19.2 Å². The van der Waals surface area contributed by atoms with E-state index < -0.39 is 0 Å². The van der Waals surface area contributed by atoms with E-state index in [-0.39, 0.29) is 11.8 Å². The molecule has 0 spiro atoms. The third-order valence-electron chi connectivity index (χ3n) is 4.91. The molecule has 6 heteroatoms. The molecule has 4 rings (SSSR count). The highest BCUT2D eigenvalue weighted by Crippen LogP contribution is 2.38. The maximum absolute atomic E-state index is 12.9. The van der Waals surface area contributed by atoms with Crippen LogP contribution in [0.15, 0.2) is 72.8 Å². The van der Waals surface area contributed by atoms with Crippen LogP contribution in [-0.4, -0.2) is 18.9 Å². The number of halogens is 1. The molecule has 3 N–H and O–H groups in total. The van der Waals surface area contributed by atoms with Crippen LogP contribution >= 0.6 is 11.6 Å². The lowest BCUT2D eigenvalue weighted by Crippen LogP contribution is -2.19. The van der Waals surface area contributed by atoms with Crippen LogP contribution in [0.2, 0.25) is 5.02 Å². The van der Waals surface area contributed by atoms with Gasteiger partial charge in [-0.1, -0.05) is 60.1 Å². The van der Waals surface area contributed by atoms with Crippen molar-refractivity contribution in [2.45, 2.75) is 6.42 Å². The number of benzene rings is 3. The molecule has 3 aromatic carbocycles. The molecule has 0 atom stereocenters. The molecular weight excluding hydrogens is 398 g/mol. The molecule has 0 unspecified atom stereocenters. The van der Waals surface area contributed by atoms with Gasteiger partial charge in [0, 0.05) is 23.3 Å². The number of likely N-dealkylation sites (N-methyl/N-ethyl adjacent to an activating group) is 1. The Bertz CT molecular complexity index is 1140. The van der Waals surface area contributed by atoms with Gasteiger partial charge in [-0.3, -0.25) is 9.59 Å². The fourth-order valence-corrected chi connectivity index (χ4v) is 3.57. The zero-order valence-electron chi connectivity index (χ0n) is 16.3. The van der Waals surface area contributed by atoms with Crippen molar-refractivity contribution >= 4 is 46.1 Å². The van der Waals surface area contributed by atoms with Crippen molar-refractivity contribution in [2.75, 3.05) is 17.7 Å². The minimum absolute atomic E-state index is 0.0410. The summed E-state index contributed by atoms with van der Waals surface area (Å²) in [6.45, 7) is 0. The highest BCUT2D eigenvalue weighted by Gasteiger charge is 2.28. The minimum Gasteiger partial charge on any atom is -0.359 e. The van der Waals surface area contributed by atoms with E-state index >= 15 is 0 Å². The molecule has 5 nitrogen and oxygen atoms in total. The van der Waals surface area contributed by atoms with E-state index in [0.717, 1.165) is 22.4 Å². The number of fused-ring (bicyclic) bond motifs is 1. The van der Waals surface area contributed by atoms with Gasteiger partial charge in [-0.2, -0.15) is 0 Å². The van der Waals surface area contributed by atoms with Gasteiger partial charge in [0.25, 0.3) is 5.91 Å². The number of rotatable bonds is 5. The first-order chi connectivity index (χ1) is 14.5. The summed E-state index contributed by atoms with van der Waals surface area (Å²) in [5, 5.41) is 9.49. The van der Waals surface area contributed by atoms with Crippen LogP contribution in [0, 0.1) is 0 Å². The predicted octanol–water partition coefficient (Wildman–Crippen LogP) is 4.56. The van der Waals surface area contributed by atoms with Crippen LogP contribution in [0.3, 0.4) is 0 Å². The number of anilines is 2. The molecule has 0 aromatic heterocycles. The molecule has 3 aromatic rings. The van der Waals surface area contributed by atoms with Gasteiger partial charge in [0.05, 0.1) is 23.4 Å². The van der Waals surface area contributed by atoms with Crippen LogP contribution in [0.1, 0.15) is 16.7 Å². The van der Waals surface area contributed by atoms with E-state index in [1.807, 2.05) is 60.7 Å². The first kappa shape index (κ1) is 19.7. The molecule has 1 heterocycles.